The van der Waals surface area contributed by atoms with Gasteiger partial charge in [-0.05, 0) is 31.9 Å². The van der Waals surface area contributed by atoms with E-state index < -0.39 is 5.41 Å². The molecule has 0 saturated heterocycles. The topological polar surface area (TPSA) is 65.8 Å². The lowest BCUT2D eigenvalue weighted by atomic mass is 9.95. The van der Waals surface area contributed by atoms with Crippen molar-refractivity contribution in [1.82, 2.24) is 4.98 Å². The van der Waals surface area contributed by atoms with Crippen LogP contribution < -0.4 is 5.32 Å². The van der Waals surface area contributed by atoms with Gasteiger partial charge in [-0.15, -0.1) is 11.3 Å². The van der Waals surface area contributed by atoms with Gasteiger partial charge in [-0.2, -0.15) is 5.26 Å². The van der Waals surface area contributed by atoms with Crippen molar-refractivity contribution in [2.75, 3.05) is 5.32 Å². The van der Waals surface area contributed by atoms with E-state index >= 15 is 0 Å². The molecule has 0 unspecified atom stereocenters. The van der Waals surface area contributed by atoms with Gasteiger partial charge in [0, 0.05) is 17.5 Å². The average molecular weight is 299 g/mol. The molecule has 0 aliphatic carbocycles. The molecule has 5 heteroatoms. The summed E-state index contributed by atoms with van der Waals surface area (Å²) in [5.74, 6) is -0.332. The number of aromatic nitrogens is 1. The summed E-state index contributed by atoms with van der Waals surface area (Å²) in [5, 5.41) is 12.2. The van der Waals surface area contributed by atoms with E-state index in [0.717, 1.165) is 11.3 Å². The van der Waals surface area contributed by atoms with Crippen LogP contribution in [0.15, 0.2) is 30.5 Å². The lowest BCUT2D eigenvalue weighted by Gasteiger charge is -2.12. The van der Waals surface area contributed by atoms with Crippen molar-refractivity contribution in [2.24, 2.45) is 5.41 Å². The number of carbonyl (C=O) groups is 1. The molecule has 4 nitrogen and oxygen atoms in total. The number of hydrogen-bond donors (Lipinski definition) is 1. The molecule has 108 valence electrons. The Hall–Kier alpha value is -2.19. The lowest BCUT2D eigenvalue weighted by Crippen LogP contribution is -2.29. The average Bonchev–Trinajstić information content (AvgIpc) is 2.88. The zero-order valence-electron chi connectivity index (χ0n) is 12.3. The Morgan fingerprint density at radius 1 is 1.43 bits per heavy atom. The molecule has 2 rings (SSSR count). The SMILES string of the molecule is Cc1ccccc1Cc1cnc(NC(=O)C(C)(C)C#N)s1. The molecule has 1 aromatic carbocycles. The van der Waals surface area contributed by atoms with Crippen LogP contribution in [-0.2, 0) is 11.2 Å². The van der Waals surface area contributed by atoms with Gasteiger partial charge in [-0.1, -0.05) is 24.3 Å². The number of amides is 1. The van der Waals surface area contributed by atoms with E-state index in [1.165, 1.54) is 22.5 Å². The Morgan fingerprint density at radius 3 is 2.81 bits per heavy atom. The first-order valence-electron chi connectivity index (χ1n) is 6.64. The van der Waals surface area contributed by atoms with Crippen molar-refractivity contribution in [3.05, 3.63) is 46.5 Å². The number of nitrogens with zero attached hydrogens (tertiary/aromatic N) is 2. The van der Waals surface area contributed by atoms with Crippen molar-refractivity contribution in [3.63, 3.8) is 0 Å². The quantitative estimate of drug-likeness (QED) is 0.939. The molecule has 0 aliphatic heterocycles. The molecule has 0 spiro atoms. The number of nitriles is 1. The number of benzene rings is 1. The third-order valence-corrected chi connectivity index (χ3v) is 4.16. The highest BCUT2D eigenvalue weighted by Crippen LogP contribution is 2.24. The second-order valence-electron chi connectivity index (χ2n) is 5.43. The Kier molecular flexibility index (Phi) is 4.39. The minimum Gasteiger partial charge on any atom is -0.301 e. The van der Waals surface area contributed by atoms with Gasteiger partial charge in [0.1, 0.15) is 5.41 Å². The summed E-state index contributed by atoms with van der Waals surface area (Å²) < 4.78 is 0. The molecule has 0 saturated carbocycles. The standard InChI is InChI=1S/C16H17N3OS/c1-11-6-4-5-7-12(11)8-13-9-18-15(21-13)19-14(20)16(2,3)10-17/h4-7,9H,8H2,1-3H3,(H,18,19,20). The summed E-state index contributed by atoms with van der Waals surface area (Å²) in [7, 11) is 0. The molecule has 1 heterocycles. The van der Waals surface area contributed by atoms with Crippen LogP contribution >= 0.6 is 11.3 Å². The number of thiazole rings is 1. The Balaban J connectivity index is 2.08. The fourth-order valence-corrected chi connectivity index (χ4v) is 2.58. The van der Waals surface area contributed by atoms with Crippen LogP contribution in [0.3, 0.4) is 0 Å². The van der Waals surface area contributed by atoms with E-state index in [9.17, 15) is 4.79 Å². The summed E-state index contributed by atoms with van der Waals surface area (Å²) in [6.45, 7) is 5.25. The highest BCUT2D eigenvalue weighted by Gasteiger charge is 2.27. The molecule has 0 fully saturated rings. The number of anilines is 1. The zero-order chi connectivity index (χ0) is 15.5. The van der Waals surface area contributed by atoms with Gasteiger partial charge in [-0.25, -0.2) is 4.98 Å². The Morgan fingerprint density at radius 2 is 2.14 bits per heavy atom. The first-order chi connectivity index (χ1) is 9.92. The number of hydrogen-bond acceptors (Lipinski definition) is 4. The van der Waals surface area contributed by atoms with Crippen molar-refractivity contribution in [2.45, 2.75) is 27.2 Å². The van der Waals surface area contributed by atoms with E-state index in [1.54, 1.807) is 20.0 Å². The van der Waals surface area contributed by atoms with Gasteiger partial charge in [0.15, 0.2) is 5.13 Å². The van der Waals surface area contributed by atoms with Crippen molar-refractivity contribution < 1.29 is 4.79 Å². The van der Waals surface area contributed by atoms with E-state index in [2.05, 4.69) is 29.4 Å². The van der Waals surface area contributed by atoms with Crippen LogP contribution in [0.5, 0.6) is 0 Å². The third kappa shape index (κ3) is 3.67. The van der Waals surface area contributed by atoms with E-state index in [0.29, 0.717) is 5.13 Å². The number of carbonyl (C=O) groups excluding carboxylic acids is 1. The van der Waals surface area contributed by atoms with Crippen molar-refractivity contribution in [1.29, 1.82) is 5.26 Å². The van der Waals surface area contributed by atoms with E-state index in [1.807, 2.05) is 18.2 Å². The van der Waals surface area contributed by atoms with E-state index in [4.69, 9.17) is 5.26 Å². The maximum absolute atomic E-state index is 11.9. The van der Waals surface area contributed by atoms with Gasteiger partial charge >= 0.3 is 0 Å². The summed E-state index contributed by atoms with van der Waals surface area (Å²) in [4.78, 5) is 17.2. The molecular weight excluding hydrogens is 282 g/mol. The minimum absolute atomic E-state index is 0.332. The highest BCUT2D eigenvalue weighted by atomic mass is 32.1. The number of nitrogens with one attached hydrogen (secondary N) is 1. The van der Waals surface area contributed by atoms with Gasteiger partial charge in [-0.3, -0.25) is 4.79 Å². The van der Waals surface area contributed by atoms with Crippen LogP contribution in [0.2, 0.25) is 0 Å². The van der Waals surface area contributed by atoms with Crippen LogP contribution in [0.4, 0.5) is 5.13 Å². The predicted octanol–water partition coefficient (Wildman–Crippen LogP) is 3.53. The predicted molar refractivity (Wildman–Crippen MR) is 84.1 cm³/mol. The normalized spacial score (nSPS) is 11.0. The molecule has 0 aliphatic rings. The lowest BCUT2D eigenvalue weighted by molar-refractivity contribution is -0.121. The molecule has 21 heavy (non-hydrogen) atoms. The fourth-order valence-electron chi connectivity index (χ4n) is 1.75. The second-order valence-corrected chi connectivity index (χ2v) is 6.54. The monoisotopic (exact) mass is 299 g/mol. The number of rotatable bonds is 4. The molecule has 0 atom stereocenters. The number of aryl methyl sites for hydroxylation is 1. The summed E-state index contributed by atoms with van der Waals surface area (Å²) >= 11 is 1.44. The first kappa shape index (κ1) is 15.2. The third-order valence-electron chi connectivity index (χ3n) is 3.25. The Labute approximate surface area is 128 Å². The summed E-state index contributed by atoms with van der Waals surface area (Å²) in [5.41, 5.74) is 1.43. The molecule has 1 aromatic heterocycles. The second kappa shape index (κ2) is 6.06. The van der Waals surface area contributed by atoms with E-state index in [-0.39, 0.29) is 5.91 Å². The van der Waals surface area contributed by atoms with Gasteiger partial charge in [0.25, 0.3) is 0 Å². The summed E-state index contributed by atoms with van der Waals surface area (Å²) in [6, 6.07) is 10.2. The van der Waals surface area contributed by atoms with Crippen molar-refractivity contribution >= 4 is 22.4 Å². The van der Waals surface area contributed by atoms with Crippen molar-refractivity contribution in [3.8, 4) is 6.07 Å². The molecule has 0 radical (unpaired) electrons. The Bertz CT molecular complexity index is 698. The van der Waals surface area contributed by atoms with Gasteiger partial charge in [0.05, 0.1) is 6.07 Å². The zero-order valence-corrected chi connectivity index (χ0v) is 13.1. The molecule has 1 amide bonds. The van der Waals surface area contributed by atoms with Gasteiger partial charge in [0.2, 0.25) is 5.91 Å². The highest BCUT2D eigenvalue weighted by molar-refractivity contribution is 7.15. The maximum Gasteiger partial charge on any atom is 0.246 e. The molecule has 2 aromatic rings. The van der Waals surface area contributed by atoms with Crippen LogP contribution in [0, 0.1) is 23.7 Å². The molecular formula is C16H17N3OS. The largest absolute Gasteiger partial charge is 0.301 e. The van der Waals surface area contributed by atoms with Crippen LogP contribution in [-0.4, -0.2) is 10.9 Å². The minimum atomic E-state index is -1.05. The van der Waals surface area contributed by atoms with Crippen LogP contribution in [0.25, 0.3) is 0 Å². The van der Waals surface area contributed by atoms with Gasteiger partial charge < -0.3 is 5.32 Å². The first-order valence-corrected chi connectivity index (χ1v) is 7.46. The summed E-state index contributed by atoms with van der Waals surface area (Å²) in [6.07, 6.45) is 2.56. The maximum atomic E-state index is 11.9. The molecule has 0 bridgehead atoms. The fraction of sp³-hybridized carbons (Fsp3) is 0.312. The van der Waals surface area contributed by atoms with Crippen LogP contribution in [0.1, 0.15) is 29.9 Å². The molecule has 1 N–H and O–H groups in total. The smallest absolute Gasteiger partial charge is 0.246 e.